The Labute approximate surface area is 176 Å². The van der Waals surface area contributed by atoms with Gasteiger partial charge in [0.1, 0.15) is 5.75 Å². The zero-order valence-electron chi connectivity index (χ0n) is 16.7. The predicted octanol–water partition coefficient (Wildman–Crippen LogP) is 2.26. The van der Waals surface area contributed by atoms with Gasteiger partial charge in [-0.3, -0.25) is 4.79 Å². The van der Waals surface area contributed by atoms with Crippen LogP contribution in [0.1, 0.15) is 46.9 Å². The number of sulfonamides is 1. The summed E-state index contributed by atoms with van der Waals surface area (Å²) in [6, 6.07) is 11.5. The summed E-state index contributed by atoms with van der Waals surface area (Å²) < 4.78 is 32.4. The molecule has 2 N–H and O–H groups in total. The number of benzene rings is 2. The zero-order valence-corrected chi connectivity index (χ0v) is 17.5. The second-order valence-electron chi connectivity index (χ2n) is 7.68. The summed E-state index contributed by atoms with van der Waals surface area (Å²) in [5.74, 6) is 0.482. The summed E-state index contributed by atoms with van der Waals surface area (Å²) in [5, 5.41) is 13.1. The molecule has 2 aliphatic heterocycles. The molecule has 4 rings (SSSR count). The SMILES string of the molecule is O=C(NCC(O)c1ccc2c(c1)CCO2)c1ccc(S(=O)(=O)N2CCCCC2)cc1. The first kappa shape index (κ1) is 20.8. The normalized spacial score (nSPS) is 17.8. The van der Waals surface area contributed by atoms with Crippen molar-refractivity contribution in [2.24, 2.45) is 0 Å². The van der Waals surface area contributed by atoms with Gasteiger partial charge in [0.25, 0.3) is 5.91 Å². The minimum atomic E-state index is -3.52. The van der Waals surface area contributed by atoms with Crippen molar-refractivity contribution in [2.45, 2.75) is 36.7 Å². The molecule has 0 bridgehead atoms. The summed E-state index contributed by atoms with van der Waals surface area (Å²) in [7, 11) is -3.52. The second kappa shape index (κ2) is 8.75. The van der Waals surface area contributed by atoms with Crippen LogP contribution in [0.15, 0.2) is 47.4 Å². The van der Waals surface area contributed by atoms with Crippen LogP contribution in [0.5, 0.6) is 5.75 Å². The number of hydrogen-bond donors (Lipinski definition) is 2. The Morgan fingerprint density at radius 1 is 1.10 bits per heavy atom. The van der Waals surface area contributed by atoms with Crippen molar-refractivity contribution in [3.05, 3.63) is 59.2 Å². The maximum absolute atomic E-state index is 12.7. The molecule has 2 aliphatic rings. The van der Waals surface area contributed by atoms with Crippen molar-refractivity contribution in [1.29, 1.82) is 0 Å². The molecule has 8 heteroatoms. The molecule has 1 unspecified atom stereocenters. The molecule has 1 amide bonds. The summed E-state index contributed by atoms with van der Waals surface area (Å²) >= 11 is 0. The number of piperidine rings is 1. The van der Waals surface area contributed by atoms with Crippen molar-refractivity contribution in [2.75, 3.05) is 26.2 Å². The molecule has 2 heterocycles. The molecule has 160 valence electrons. The highest BCUT2D eigenvalue weighted by atomic mass is 32.2. The molecule has 0 radical (unpaired) electrons. The van der Waals surface area contributed by atoms with Crippen LogP contribution in [-0.4, -0.2) is 50.0 Å². The number of carbonyl (C=O) groups is 1. The molecule has 7 nitrogen and oxygen atoms in total. The fourth-order valence-electron chi connectivity index (χ4n) is 3.86. The van der Waals surface area contributed by atoms with Gasteiger partial charge in [0.05, 0.1) is 17.6 Å². The smallest absolute Gasteiger partial charge is 0.251 e. The van der Waals surface area contributed by atoms with Crippen molar-refractivity contribution >= 4 is 15.9 Å². The molecule has 2 aromatic rings. The van der Waals surface area contributed by atoms with Gasteiger partial charge in [-0.2, -0.15) is 4.31 Å². The molecular weight excluding hydrogens is 404 g/mol. The molecule has 0 aliphatic carbocycles. The molecule has 1 saturated heterocycles. The van der Waals surface area contributed by atoms with Gasteiger partial charge in [0, 0.05) is 31.6 Å². The molecule has 2 aromatic carbocycles. The fourth-order valence-corrected chi connectivity index (χ4v) is 5.37. The zero-order chi connectivity index (χ0) is 21.1. The minimum absolute atomic E-state index is 0.0618. The highest BCUT2D eigenvalue weighted by Crippen LogP contribution is 2.28. The molecule has 1 atom stereocenters. The van der Waals surface area contributed by atoms with E-state index in [0.29, 0.717) is 25.3 Å². The van der Waals surface area contributed by atoms with Crippen molar-refractivity contribution in [3.63, 3.8) is 0 Å². The van der Waals surface area contributed by atoms with Crippen molar-refractivity contribution in [1.82, 2.24) is 9.62 Å². The van der Waals surface area contributed by atoms with Gasteiger partial charge in [-0.1, -0.05) is 12.5 Å². The Morgan fingerprint density at radius 2 is 1.83 bits per heavy atom. The summed E-state index contributed by atoms with van der Waals surface area (Å²) in [6.45, 7) is 1.79. The van der Waals surface area contributed by atoms with E-state index >= 15 is 0 Å². The number of fused-ring (bicyclic) bond motifs is 1. The average molecular weight is 431 g/mol. The summed E-state index contributed by atoms with van der Waals surface area (Å²) in [5.41, 5.74) is 2.13. The van der Waals surface area contributed by atoms with E-state index in [-0.39, 0.29) is 17.3 Å². The highest BCUT2D eigenvalue weighted by Gasteiger charge is 2.26. The number of rotatable bonds is 6. The number of hydrogen-bond acceptors (Lipinski definition) is 5. The number of nitrogens with one attached hydrogen (secondary N) is 1. The molecule has 0 saturated carbocycles. The van der Waals surface area contributed by atoms with Gasteiger partial charge < -0.3 is 15.2 Å². The minimum Gasteiger partial charge on any atom is -0.493 e. The Morgan fingerprint density at radius 3 is 2.57 bits per heavy atom. The first-order valence-electron chi connectivity index (χ1n) is 10.3. The van der Waals surface area contributed by atoms with Crippen LogP contribution < -0.4 is 10.1 Å². The quantitative estimate of drug-likeness (QED) is 0.733. The molecule has 0 spiro atoms. The molecule has 30 heavy (non-hydrogen) atoms. The van der Waals surface area contributed by atoms with E-state index in [9.17, 15) is 18.3 Å². The van der Waals surface area contributed by atoms with Crippen LogP contribution in [0.2, 0.25) is 0 Å². The lowest BCUT2D eigenvalue weighted by Gasteiger charge is -2.25. The van der Waals surface area contributed by atoms with Crippen molar-refractivity contribution < 1.29 is 23.1 Å². The predicted molar refractivity (Wildman–Crippen MR) is 112 cm³/mol. The lowest BCUT2D eigenvalue weighted by molar-refractivity contribution is 0.0916. The third-order valence-corrected chi connectivity index (χ3v) is 7.54. The third kappa shape index (κ3) is 4.35. The standard InChI is InChI=1S/C22H26N2O5S/c25-20(17-6-9-21-18(14-17)10-13-29-21)15-23-22(26)16-4-7-19(8-5-16)30(27,28)24-11-2-1-3-12-24/h4-9,14,20,25H,1-3,10-13,15H2,(H,23,26). The summed E-state index contributed by atoms with van der Waals surface area (Å²) in [6.07, 6.45) is 2.78. The van der Waals surface area contributed by atoms with Gasteiger partial charge >= 0.3 is 0 Å². The number of aliphatic hydroxyl groups excluding tert-OH is 1. The number of ether oxygens (including phenoxy) is 1. The van der Waals surface area contributed by atoms with Crippen LogP contribution in [-0.2, 0) is 16.4 Å². The molecule has 1 fully saturated rings. The van der Waals surface area contributed by atoms with E-state index in [0.717, 1.165) is 42.6 Å². The maximum atomic E-state index is 12.7. The van der Waals surface area contributed by atoms with Gasteiger partial charge in [0.15, 0.2) is 0 Å². The summed E-state index contributed by atoms with van der Waals surface area (Å²) in [4.78, 5) is 12.6. The maximum Gasteiger partial charge on any atom is 0.251 e. The first-order chi connectivity index (χ1) is 14.4. The van der Waals surface area contributed by atoms with E-state index in [4.69, 9.17) is 4.74 Å². The van der Waals surface area contributed by atoms with Gasteiger partial charge in [-0.25, -0.2) is 8.42 Å². The fraction of sp³-hybridized carbons (Fsp3) is 0.409. The van der Waals surface area contributed by atoms with Crippen LogP contribution >= 0.6 is 0 Å². The number of nitrogens with zero attached hydrogens (tertiary/aromatic N) is 1. The first-order valence-corrected chi connectivity index (χ1v) is 11.7. The number of amides is 1. The molecular formula is C22H26N2O5S. The van der Waals surface area contributed by atoms with E-state index < -0.39 is 16.1 Å². The van der Waals surface area contributed by atoms with E-state index in [2.05, 4.69) is 5.32 Å². The van der Waals surface area contributed by atoms with Crippen LogP contribution in [0.3, 0.4) is 0 Å². The van der Waals surface area contributed by atoms with Gasteiger partial charge in [-0.05, 0) is 60.4 Å². The largest absolute Gasteiger partial charge is 0.493 e. The Bertz CT molecular complexity index is 1010. The third-order valence-electron chi connectivity index (χ3n) is 5.62. The van der Waals surface area contributed by atoms with Crippen LogP contribution in [0, 0.1) is 0 Å². The lowest BCUT2D eigenvalue weighted by Crippen LogP contribution is -2.35. The Balaban J connectivity index is 1.37. The number of aliphatic hydroxyl groups is 1. The monoisotopic (exact) mass is 430 g/mol. The average Bonchev–Trinajstić information content (AvgIpc) is 3.26. The van der Waals surface area contributed by atoms with Gasteiger partial charge in [-0.15, -0.1) is 0 Å². The molecule has 0 aromatic heterocycles. The highest BCUT2D eigenvalue weighted by molar-refractivity contribution is 7.89. The van der Waals surface area contributed by atoms with E-state index in [1.807, 2.05) is 12.1 Å². The second-order valence-corrected chi connectivity index (χ2v) is 9.62. The van der Waals surface area contributed by atoms with Crippen LogP contribution in [0.25, 0.3) is 0 Å². The van der Waals surface area contributed by atoms with Gasteiger partial charge in [0.2, 0.25) is 10.0 Å². The van der Waals surface area contributed by atoms with Crippen molar-refractivity contribution in [3.8, 4) is 5.75 Å². The van der Waals surface area contributed by atoms with E-state index in [1.54, 1.807) is 6.07 Å². The topological polar surface area (TPSA) is 95.9 Å². The van der Waals surface area contributed by atoms with E-state index in [1.165, 1.54) is 28.6 Å². The van der Waals surface area contributed by atoms with Crippen LogP contribution in [0.4, 0.5) is 0 Å². The Kier molecular flexibility index (Phi) is 6.08. The lowest BCUT2D eigenvalue weighted by atomic mass is 10.0. The number of carbonyl (C=O) groups excluding carboxylic acids is 1. The Hall–Kier alpha value is -2.42.